The summed E-state index contributed by atoms with van der Waals surface area (Å²) in [5.41, 5.74) is 1.63. The zero-order valence-corrected chi connectivity index (χ0v) is 9.48. The first-order chi connectivity index (χ1) is 7.25. The molecule has 78 valence electrons. The number of aliphatic hydroxyl groups excluding tert-OH is 1. The van der Waals surface area contributed by atoms with Crippen molar-refractivity contribution in [2.75, 3.05) is 0 Å². The van der Waals surface area contributed by atoms with Crippen molar-refractivity contribution in [1.29, 1.82) is 0 Å². The molecule has 0 bridgehead atoms. The first-order valence-electron chi connectivity index (χ1n) is 4.54. The Morgan fingerprint density at radius 3 is 2.67 bits per heavy atom. The Bertz CT molecular complexity index is 413. The molecule has 5 heteroatoms. The van der Waals surface area contributed by atoms with Gasteiger partial charge in [0, 0.05) is 10.9 Å². The third kappa shape index (κ3) is 2.64. The van der Waals surface area contributed by atoms with Crippen molar-refractivity contribution < 1.29 is 5.11 Å². The third-order valence-corrected chi connectivity index (χ3v) is 2.65. The Morgan fingerprint density at radius 1 is 1.33 bits per heavy atom. The second-order valence-corrected chi connectivity index (χ2v) is 4.16. The number of H-pyrrole nitrogens is 1. The normalized spacial score (nSPS) is 12.7. The molecule has 0 saturated carbocycles. The van der Waals surface area contributed by atoms with Crippen LogP contribution in [0.25, 0.3) is 0 Å². The standard InChI is InChI=1S/C10H10BrN3O/c11-8-3-1-7(2-4-8)5-10(15)9-6-12-14-13-9/h1-4,6,10,15H,5H2,(H,12,13,14). The van der Waals surface area contributed by atoms with Crippen molar-refractivity contribution in [3.8, 4) is 0 Å². The van der Waals surface area contributed by atoms with Crippen LogP contribution in [-0.4, -0.2) is 20.5 Å². The number of hydrogen-bond acceptors (Lipinski definition) is 3. The Morgan fingerprint density at radius 2 is 2.07 bits per heavy atom. The first kappa shape index (κ1) is 10.3. The quantitative estimate of drug-likeness (QED) is 0.892. The van der Waals surface area contributed by atoms with Crippen molar-refractivity contribution >= 4 is 15.9 Å². The molecule has 0 aliphatic rings. The molecule has 1 aromatic carbocycles. The second-order valence-electron chi connectivity index (χ2n) is 3.24. The lowest BCUT2D eigenvalue weighted by Crippen LogP contribution is -2.02. The van der Waals surface area contributed by atoms with Gasteiger partial charge in [0.25, 0.3) is 0 Å². The van der Waals surface area contributed by atoms with E-state index in [2.05, 4.69) is 31.3 Å². The van der Waals surface area contributed by atoms with E-state index in [-0.39, 0.29) is 0 Å². The van der Waals surface area contributed by atoms with E-state index in [0.29, 0.717) is 12.1 Å². The highest BCUT2D eigenvalue weighted by molar-refractivity contribution is 9.10. The molecule has 15 heavy (non-hydrogen) atoms. The lowest BCUT2D eigenvalue weighted by Gasteiger charge is -2.06. The van der Waals surface area contributed by atoms with Gasteiger partial charge in [-0.1, -0.05) is 28.1 Å². The van der Waals surface area contributed by atoms with Gasteiger partial charge in [-0.05, 0) is 17.7 Å². The molecule has 0 amide bonds. The number of halogens is 1. The molecule has 0 fully saturated rings. The van der Waals surface area contributed by atoms with Gasteiger partial charge in [-0.15, -0.1) is 0 Å². The number of hydrogen-bond donors (Lipinski definition) is 2. The van der Waals surface area contributed by atoms with Crippen LogP contribution in [0.3, 0.4) is 0 Å². The van der Waals surface area contributed by atoms with Crippen molar-refractivity contribution in [1.82, 2.24) is 15.4 Å². The highest BCUT2D eigenvalue weighted by atomic mass is 79.9. The molecule has 1 atom stereocenters. The maximum absolute atomic E-state index is 9.80. The summed E-state index contributed by atoms with van der Waals surface area (Å²) in [5, 5.41) is 19.8. The van der Waals surface area contributed by atoms with E-state index in [9.17, 15) is 5.11 Å². The average molecular weight is 268 g/mol. The predicted octanol–water partition coefficient (Wildman–Crippen LogP) is 1.84. The minimum Gasteiger partial charge on any atom is -0.386 e. The molecule has 0 aliphatic carbocycles. The summed E-state index contributed by atoms with van der Waals surface area (Å²) in [7, 11) is 0. The molecule has 0 saturated heterocycles. The molecule has 1 heterocycles. The van der Waals surface area contributed by atoms with Crippen LogP contribution in [0.2, 0.25) is 0 Å². The van der Waals surface area contributed by atoms with Gasteiger partial charge in [0.2, 0.25) is 0 Å². The number of rotatable bonds is 3. The summed E-state index contributed by atoms with van der Waals surface area (Å²) < 4.78 is 1.03. The number of aromatic amines is 1. The maximum Gasteiger partial charge on any atom is 0.111 e. The van der Waals surface area contributed by atoms with Crippen LogP contribution in [-0.2, 0) is 6.42 Å². The van der Waals surface area contributed by atoms with Crippen molar-refractivity contribution in [3.05, 3.63) is 46.2 Å². The molecule has 1 unspecified atom stereocenters. The largest absolute Gasteiger partial charge is 0.386 e. The van der Waals surface area contributed by atoms with Gasteiger partial charge in [-0.25, -0.2) is 0 Å². The van der Waals surface area contributed by atoms with Crippen molar-refractivity contribution in [2.24, 2.45) is 0 Å². The minimum atomic E-state index is -0.607. The Balaban J connectivity index is 2.06. The number of aliphatic hydroxyl groups is 1. The van der Waals surface area contributed by atoms with E-state index >= 15 is 0 Å². The molecule has 2 aromatic rings. The second kappa shape index (κ2) is 4.55. The van der Waals surface area contributed by atoms with Crippen LogP contribution in [0.15, 0.2) is 34.9 Å². The van der Waals surface area contributed by atoms with E-state index in [1.165, 1.54) is 6.20 Å². The fourth-order valence-corrected chi connectivity index (χ4v) is 1.58. The van der Waals surface area contributed by atoms with Gasteiger partial charge < -0.3 is 5.11 Å². The van der Waals surface area contributed by atoms with Crippen LogP contribution in [0.1, 0.15) is 17.4 Å². The van der Waals surface area contributed by atoms with Gasteiger partial charge in [-0.3, -0.25) is 0 Å². The fourth-order valence-electron chi connectivity index (χ4n) is 1.32. The molecule has 4 nitrogen and oxygen atoms in total. The molecular formula is C10H10BrN3O. The topological polar surface area (TPSA) is 61.8 Å². The lowest BCUT2D eigenvalue weighted by atomic mass is 10.1. The maximum atomic E-state index is 9.80. The van der Waals surface area contributed by atoms with Crippen molar-refractivity contribution in [2.45, 2.75) is 12.5 Å². The zero-order valence-electron chi connectivity index (χ0n) is 7.89. The van der Waals surface area contributed by atoms with Crippen LogP contribution >= 0.6 is 15.9 Å². The number of nitrogens with zero attached hydrogens (tertiary/aromatic N) is 2. The fraction of sp³-hybridized carbons (Fsp3) is 0.200. The van der Waals surface area contributed by atoms with E-state index in [4.69, 9.17) is 0 Å². The summed E-state index contributed by atoms with van der Waals surface area (Å²) in [6.45, 7) is 0. The summed E-state index contributed by atoms with van der Waals surface area (Å²) in [4.78, 5) is 0. The molecule has 2 rings (SSSR count). The smallest absolute Gasteiger partial charge is 0.111 e. The zero-order chi connectivity index (χ0) is 10.7. The van der Waals surface area contributed by atoms with E-state index in [1.54, 1.807) is 0 Å². The molecule has 0 spiro atoms. The highest BCUT2D eigenvalue weighted by Crippen LogP contribution is 2.17. The molecule has 0 aliphatic heterocycles. The molecule has 0 radical (unpaired) electrons. The van der Waals surface area contributed by atoms with Gasteiger partial charge in [0.1, 0.15) is 11.8 Å². The van der Waals surface area contributed by atoms with Gasteiger partial charge in [-0.2, -0.15) is 15.4 Å². The minimum absolute atomic E-state index is 0.541. The molecule has 2 N–H and O–H groups in total. The van der Waals surface area contributed by atoms with Gasteiger partial charge in [0.15, 0.2) is 0 Å². The van der Waals surface area contributed by atoms with Crippen LogP contribution in [0, 0.1) is 0 Å². The monoisotopic (exact) mass is 267 g/mol. The Kier molecular flexibility index (Phi) is 3.13. The predicted molar refractivity (Wildman–Crippen MR) is 59.2 cm³/mol. The van der Waals surface area contributed by atoms with Gasteiger partial charge >= 0.3 is 0 Å². The van der Waals surface area contributed by atoms with Crippen LogP contribution in [0.5, 0.6) is 0 Å². The number of nitrogens with one attached hydrogen (secondary N) is 1. The summed E-state index contributed by atoms with van der Waals surface area (Å²) in [5.74, 6) is 0. The first-order valence-corrected chi connectivity index (χ1v) is 5.33. The van der Waals surface area contributed by atoms with E-state index < -0.39 is 6.10 Å². The van der Waals surface area contributed by atoms with Gasteiger partial charge in [0.05, 0.1) is 6.20 Å². The van der Waals surface area contributed by atoms with Crippen molar-refractivity contribution in [3.63, 3.8) is 0 Å². The third-order valence-electron chi connectivity index (χ3n) is 2.12. The molecule has 1 aromatic heterocycles. The number of aromatic nitrogens is 3. The molecular weight excluding hydrogens is 258 g/mol. The summed E-state index contributed by atoms with van der Waals surface area (Å²) in [6.07, 6.45) is 1.47. The lowest BCUT2D eigenvalue weighted by molar-refractivity contribution is 0.173. The Hall–Kier alpha value is -1.20. The van der Waals surface area contributed by atoms with Crippen LogP contribution in [0.4, 0.5) is 0 Å². The van der Waals surface area contributed by atoms with Crippen LogP contribution < -0.4 is 0 Å². The number of benzene rings is 1. The van der Waals surface area contributed by atoms with E-state index in [0.717, 1.165) is 10.0 Å². The highest BCUT2D eigenvalue weighted by Gasteiger charge is 2.10. The average Bonchev–Trinajstić information content (AvgIpc) is 2.74. The summed E-state index contributed by atoms with van der Waals surface area (Å²) in [6, 6.07) is 7.83. The Labute approximate surface area is 95.5 Å². The summed E-state index contributed by atoms with van der Waals surface area (Å²) >= 11 is 3.36. The van der Waals surface area contributed by atoms with E-state index in [1.807, 2.05) is 24.3 Å². The SMILES string of the molecule is OC(Cc1ccc(Br)cc1)c1cn[nH]n1.